The summed E-state index contributed by atoms with van der Waals surface area (Å²) in [6.45, 7) is 1.40. The summed E-state index contributed by atoms with van der Waals surface area (Å²) in [7, 11) is 0. The molecule has 3 aromatic heterocycles. The van der Waals surface area contributed by atoms with Gasteiger partial charge in [0, 0.05) is 36.8 Å². The van der Waals surface area contributed by atoms with E-state index < -0.39 is 0 Å². The highest BCUT2D eigenvalue weighted by molar-refractivity contribution is 7.15. The van der Waals surface area contributed by atoms with E-state index in [4.69, 9.17) is 0 Å². The Kier molecular flexibility index (Phi) is 2.92. The first-order chi connectivity index (χ1) is 10.3. The zero-order chi connectivity index (χ0) is 14.2. The number of aromatic nitrogens is 6. The number of rotatable bonds is 2. The maximum Gasteiger partial charge on any atom is 0.274 e. The number of nitrogens with zero attached hydrogens (tertiary/aromatic N) is 6. The lowest BCUT2D eigenvalue weighted by Gasteiger charge is -2.30. The molecular formula is C12H13N7OS. The Morgan fingerprint density at radius 2 is 2.24 bits per heavy atom. The Labute approximate surface area is 123 Å². The largest absolute Gasteiger partial charge is 0.337 e. The highest BCUT2D eigenvalue weighted by atomic mass is 32.1. The summed E-state index contributed by atoms with van der Waals surface area (Å²) < 4.78 is 1.88. The van der Waals surface area contributed by atoms with Crippen LogP contribution in [-0.2, 0) is 0 Å². The van der Waals surface area contributed by atoms with Crippen LogP contribution in [0.3, 0.4) is 0 Å². The maximum atomic E-state index is 12.5. The van der Waals surface area contributed by atoms with Crippen molar-refractivity contribution in [2.45, 2.75) is 18.8 Å². The van der Waals surface area contributed by atoms with Crippen molar-refractivity contribution >= 4 is 22.2 Å². The first-order valence-electron chi connectivity index (χ1n) is 6.76. The van der Waals surface area contributed by atoms with Gasteiger partial charge in [-0.3, -0.25) is 9.20 Å². The number of aromatic amines is 1. The average Bonchev–Trinajstić information content (AvgIpc) is 3.23. The van der Waals surface area contributed by atoms with Crippen LogP contribution in [-0.4, -0.2) is 53.9 Å². The lowest BCUT2D eigenvalue weighted by molar-refractivity contribution is 0.0706. The van der Waals surface area contributed by atoms with Crippen LogP contribution in [0.25, 0.3) is 4.96 Å². The number of likely N-dealkylation sites (tertiary alicyclic amines) is 1. The van der Waals surface area contributed by atoms with E-state index in [1.54, 1.807) is 6.20 Å². The van der Waals surface area contributed by atoms with Gasteiger partial charge in [0.2, 0.25) is 0 Å². The van der Waals surface area contributed by atoms with Gasteiger partial charge in [0.15, 0.2) is 10.8 Å². The first-order valence-corrected chi connectivity index (χ1v) is 7.64. The molecule has 1 saturated heterocycles. The van der Waals surface area contributed by atoms with E-state index in [-0.39, 0.29) is 11.8 Å². The Balaban J connectivity index is 1.46. The van der Waals surface area contributed by atoms with Gasteiger partial charge >= 0.3 is 0 Å². The van der Waals surface area contributed by atoms with Crippen molar-refractivity contribution in [1.29, 1.82) is 0 Å². The number of tetrazole rings is 1. The number of carbonyl (C=O) groups excluding carboxylic acids is 1. The summed E-state index contributed by atoms with van der Waals surface area (Å²) in [6, 6.07) is 0. The normalized spacial score (nSPS) is 16.7. The van der Waals surface area contributed by atoms with Crippen molar-refractivity contribution in [3.63, 3.8) is 0 Å². The van der Waals surface area contributed by atoms with Crippen LogP contribution in [0.15, 0.2) is 17.8 Å². The fourth-order valence-corrected chi connectivity index (χ4v) is 3.38. The maximum absolute atomic E-state index is 12.5. The molecule has 0 saturated carbocycles. The summed E-state index contributed by atoms with van der Waals surface area (Å²) in [5, 5.41) is 16.1. The van der Waals surface area contributed by atoms with Crippen molar-refractivity contribution in [2.24, 2.45) is 0 Å². The van der Waals surface area contributed by atoms with Crippen LogP contribution in [0.1, 0.15) is 35.1 Å². The molecule has 21 heavy (non-hydrogen) atoms. The molecule has 3 aromatic rings. The van der Waals surface area contributed by atoms with E-state index in [9.17, 15) is 4.79 Å². The van der Waals surface area contributed by atoms with E-state index in [2.05, 4.69) is 25.6 Å². The second-order valence-corrected chi connectivity index (χ2v) is 5.93. The molecule has 0 atom stereocenters. The average molecular weight is 303 g/mol. The highest BCUT2D eigenvalue weighted by Gasteiger charge is 2.27. The fourth-order valence-electron chi connectivity index (χ4n) is 2.68. The van der Waals surface area contributed by atoms with E-state index in [0.717, 1.165) is 23.6 Å². The van der Waals surface area contributed by atoms with Crippen LogP contribution < -0.4 is 0 Å². The molecule has 0 bridgehead atoms. The van der Waals surface area contributed by atoms with Crippen LogP contribution in [0.2, 0.25) is 0 Å². The van der Waals surface area contributed by atoms with Gasteiger partial charge in [-0.05, 0) is 12.8 Å². The molecule has 0 radical (unpaired) electrons. The van der Waals surface area contributed by atoms with E-state index in [0.29, 0.717) is 18.8 Å². The monoisotopic (exact) mass is 303 g/mol. The number of thiazole rings is 1. The van der Waals surface area contributed by atoms with Gasteiger partial charge in [-0.2, -0.15) is 5.21 Å². The third-order valence-corrected chi connectivity index (χ3v) is 4.59. The molecule has 8 nitrogen and oxygen atoms in total. The number of hydrogen-bond donors (Lipinski definition) is 1. The number of carbonyl (C=O) groups is 1. The summed E-state index contributed by atoms with van der Waals surface area (Å²) in [6.07, 6.45) is 5.41. The number of hydrogen-bond acceptors (Lipinski definition) is 6. The van der Waals surface area contributed by atoms with Crippen LogP contribution in [0.4, 0.5) is 0 Å². The molecule has 108 valence electrons. The van der Waals surface area contributed by atoms with Crippen molar-refractivity contribution < 1.29 is 4.79 Å². The number of H-pyrrole nitrogens is 1. The molecule has 0 unspecified atom stereocenters. The molecule has 0 aromatic carbocycles. The van der Waals surface area contributed by atoms with Crippen LogP contribution in [0, 0.1) is 0 Å². The van der Waals surface area contributed by atoms with Gasteiger partial charge in [-0.25, -0.2) is 4.98 Å². The zero-order valence-corrected chi connectivity index (χ0v) is 12.0. The van der Waals surface area contributed by atoms with Gasteiger partial charge in [-0.15, -0.1) is 21.5 Å². The van der Waals surface area contributed by atoms with Gasteiger partial charge in [0.1, 0.15) is 5.69 Å². The van der Waals surface area contributed by atoms with Crippen molar-refractivity contribution in [3.8, 4) is 0 Å². The molecule has 1 fully saturated rings. The SMILES string of the molecule is O=C(c1cn2ccsc2n1)N1CCC(c2nn[nH]n2)CC1. The molecular weight excluding hydrogens is 290 g/mol. The van der Waals surface area contributed by atoms with E-state index in [1.807, 2.05) is 20.9 Å². The third-order valence-electron chi connectivity index (χ3n) is 3.82. The lowest BCUT2D eigenvalue weighted by atomic mass is 9.96. The second kappa shape index (κ2) is 4.92. The number of fused-ring (bicyclic) bond motifs is 1. The van der Waals surface area contributed by atoms with Crippen LogP contribution in [0.5, 0.6) is 0 Å². The Hall–Kier alpha value is -2.29. The predicted octanol–water partition coefficient (Wildman–Crippen LogP) is 0.929. The second-order valence-electron chi connectivity index (χ2n) is 5.06. The van der Waals surface area contributed by atoms with Gasteiger partial charge in [0.25, 0.3) is 5.91 Å². The molecule has 4 rings (SSSR count). The molecule has 0 spiro atoms. The minimum absolute atomic E-state index is 0.00235. The van der Waals surface area contributed by atoms with Crippen molar-refractivity contribution in [2.75, 3.05) is 13.1 Å². The van der Waals surface area contributed by atoms with E-state index in [1.165, 1.54) is 11.3 Å². The molecule has 9 heteroatoms. The van der Waals surface area contributed by atoms with E-state index >= 15 is 0 Å². The van der Waals surface area contributed by atoms with Gasteiger partial charge < -0.3 is 4.90 Å². The smallest absolute Gasteiger partial charge is 0.274 e. The standard InChI is InChI=1S/C12H13N7OS/c20-11(9-7-19-5-6-21-12(19)13-9)18-3-1-8(2-4-18)10-14-16-17-15-10/h5-8H,1-4H2,(H,14,15,16,17). The first kappa shape index (κ1) is 12.5. The van der Waals surface area contributed by atoms with Crippen molar-refractivity contribution in [3.05, 3.63) is 29.3 Å². The zero-order valence-electron chi connectivity index (χ0n) is 11.1. The summed E-state index contributed by atoms with van der Waals surface area (Å²) in [4.78, 5) is 19.5. The number of amides is 1. The Morgan fingerprint density at radius 3 is 2.95 bits per heavy atom. The fraction of sp³-hybridized carbons (Fsp3) is 0.417. The molecule has 1 aliphatic heterocycles. The summed E-state index contributed by atoms with van der Waals surface area (Å²) in [5.41, 5.74) is 0.514. The number of nitrogens with one attached hydrogen (secondary N) is 1. The van der Waals surface area contributed by atoms with Crippen molar-refractivity contribution in [1.82, 2.24) is 34.9 Å². The molecule has 4 heterocycles. The number of imidazole rings is 1. The Bertz CT molecular complexity index is 725. The molecule has 0 aliphatic carbocycles. The summed E-state index contributed by atoms with van der Waals surface area (Å²) >= 11 is 1.53. The predicted molar refractivity (Wildman–Crippen MR) is 75.1 cm³/mol. The topological polar surface area (TPSA) is 92.1 Å². The minimum atomic E-state index is -0.00235. The molecule has 1 amide bonds. The molecule has 1 aliphatic rings. The summed E-state index contributed by atoms with van der Waals surface area (Å²) in [5.74, 6) is 1.01. The quantitative estimate of drug-likeness (QED) is 0.760. The third kappa shape index (κ3) is 2.19. The van der Waals surface area contributed by atoms with Crippen LogP contribution >= 0.6 is 11.3 Å². The number of piperidine rings is 1. The van der Waals surface area contributed by atoms with Gasteiger partial charge in [0.05, 0.1) is 0 Å². The highest BCUT2D eigenvalue weighted by Crippen LogP contribution is 2.25. The molecule has 1 N–H and O–H groups in total. The lowest BCUT2D eigenvalue weighted by Crippen LogP contribution is -2.38. The minimum Gasteiger partial charge on any atom is -0.337 e. The Morgan fingerprint density at radius 1 is 1.38 bits per heavy atom. The van der Waals surface area contributed by atoms with Gasteiger partial charge in [-0.1, -0.05) is 5.21 Å².